The summed E-state index contributed by atoms with van der Waals surface area (Å²) in [5.74, 6) is -0.0411. The molecular weight excluding hydrogens is 320 g/mol. The van der Waals surface area contributed by atoms with Crippen LogP contribution in [-0.2, 0) is 16.9 Å². The van der Waals surface area contributed by atoms with Gasteiger partial charge >= 0.3 is 0 Å². The minimum absolute atomic E-state index is 0.0411. The molecule has 1 aliphatic rings. The average molecular weight is 346 g/mol. The molecule has 0 saturated carbocycles. The summed E-state index contributed by atoms with van der Waals surface area (Å²) >= 11 is 0. The minimum Gasteiger partial charge on any atom is -0.382 e. The first kappa shape index (κ1) is 17.6. The number of aliphatic hydroxyl groups is 1. The van der Waals surface area contributed by atoms with Gasteiger partial charge in [-0.25, -0.2) is 4.68 Å². The van der Waals surface area contributed by atoms with Crippen LogP contribution in [0.1, 0.15) is 49.8 Å². The van der Waals surface area contributed by atoms with Crippen molar-refractivity contribution in [3.63, 3.8) is 0 Å². The molecule has 3 heterocycles. The van der Waals surface area contributed by atoms with E-state index in [1.54, 1.807) is 20.5 Å². The van der Waals surface area contributed by atoms with Crippen LogP contribution in [0.3, 0.4) is 0 Å². The third kappa shape index (κ3) is 3.58. The van der Waals surface area contributed by atoms with E-state index in [4.69, 9.17) is 0 Å². The van der Waals surface area contributed by atoms with Crippen LogP contribution >= 0.6 is 0 Å². The smallest absolute Gasteiger partial charge is 0.244 e. The van der Waals surface area contributed by atoms with E-state index in [0.29, 0.717) is 18.7 Å². The molecule has 0 bridgehead atoms. The van der Waals surface area contributed by atoms with Gasteiger partial charge in [0, 0.05) is 18.3 Å². The molecule has 25 heavy (non-hydrogen) atoms. The van der Waals surface area contributed by atoms with Gasteiger partial charge in [-0.05, 0) is 46.6 Å². The van der Waals surface area contributed by atoms with Gasteiger partial charge in [0.25, 0.3) is 0 Å². The molecule has 8 nitrogen and oxygen atoms in total. The Morgan fingerprint density at radius 1 is 1.40 bits per heavy atom. The Hall–Kier alpha value is -2.22. The van der Waals surface area contributed by atoms with E-state index in [-0.39, 0.29) is 25.0 Å². The van der Waals surface area contributed by atoms with Crippen LogP contribution in [0.4, 0.5) is 0 Å². The molecule has 8 heteroatoms. The quantitative estimate of drug-likeness (QED) is 0.898. The van der Waals surface area contributed by atoms with Gasteiger partial charge in [-0.2, -0.15) is 5.10 Å². The van der Waals surface area contributed by atoms with E-state index in [2.05, 4.69) is 15.4 Å². The summed E-state index contributed by atoms with van der Waals surface area (Å²) in [5.41, 5.74) is 1.24. The highest BCUT2D eigenvalue weighted by atomic mass is 16.3. The van der Waals surface area contributed by atoms with Crippen molar-refractivity contribution in [2.45, 2.75) is 58.7 Å². The Bertz CT molecular complexity index is 765. The van der Waals surface area contributed by atoms with Crippen LogP contribution in [0.15, 0.2) is 12.3 Å². The third-order valence-corrected chi connectivity index (χ3v) is 4.73. The Balaban J connectivity index is 1.73. The number of β-amino-alcohol motifs (C(OH)–C–C–N with tert-alkyl or cyclic N) is 1. The molecule has 1 fully saturated rings. The topological polar surface area (TPSA) is 89.1 Å². The lowest BCUT2D eigenvalue weighted by molar-refractivity contribution is -0.140. The maximum atomic E-state index is 12.7. The molecule has 3 rings (SSSR count). The fourth-order valence-electron chi connectivity index (χ4n) is 3.26. The molecule has 1 unspecified atom stereocenters. The number of amides is 1. The van der Waals surface area contributed by atoms with Crippen molar-refractivity contribution in [1.29, 1.82) is 0 Å². The molecule has 1 amide bonds. The lowest BCUT2D eigenvalue weighted by Gasteiger charge is -2.38. The summed E-state index contributed by atoms with van der Waals surface area (Å²) in [7, 11) is 0. The molecule has 0 aliphatic carbocycles. The van der Waals surface area contributed by atoms with Crippen molar-refractivity contribution in [1.82, 2.24) is 29.7 Å². The van der Waals surface area contributed by atoms with Gasteiger partial charge in [-0.1, -0.05) is 5.21 Å². The lowest BCUT2D eigenvalue weighted by Crippen LogP contribution is -2.49. The zero-order valence-corrected chi connectivity index (χ0v) is 15.3. The van der Waals surface area contributed by atoms with Gasteiger partial charge in [-0.15, -0.1) is 5.10 Å². The number of hydrogen-bond acceptors (Lipinski definition) is 5. The Morgan fingerprint density at radius 2 is 2.16 bits per heavy atom. The number of carbonyl (C=O) groups excluding carboxylic acids is 1. The third-order valence-electron chi connectivity index (χ3n) is 4.73. The van der Waals surface area contributed by atoms with E-state index in [1.165, 1.54) is 0 Å². The van der Waals surface area contributed by atoms with Gasteiger partial charge in [0.2, 0.25) is 5.91 Å². The number of nitrogens with zero attached hydrogens (tertiary/aromatic N) is 6. The molecule has 0 radical (unpaired) electrons. The zero-order valence-electron chi connectivity index (χ0n) is 15.3. The summed E-state index contributed by atoms with van der Waals surface area (Å²) in [6.45, 7) is 8.92. The summed E-state index contributed by atoms with van der Waals surface area (Å²) in [4.78, 5) is 14.4. The van der Waals surface area contributed by atoms with Crippen molar-refractivity contribution in [3.8, 4) is 0 Å². The van der Waals surface area contributed by atoms with Gasteiger partial charge in [0.15, 0.2) is 0 Å². The van der Waals surface area contributed by atoms with Crippen molar-refractivity contribution in [2.24, 2.45) is 0 Å². The number of piperidine rings is 1. The first-order chi connectivity index (χ1) is 11.8. The van der Waals surface area contributed by atoms with Gasteiger partial charge in [-0.3, -0.25) is 9.48 Å². The molecule has 136 valence electrons. The van der Waals surface area contributed by atoms with Crippen LogP contribution < -0.4 is 0 Å². The zero-order chi connectivity index (χ0) is 18.2. The number of rotatable bonds is 4. The molecule has 2 aromatic rings. The Labute approximate surface area is 147 Å². The first-order valence-electron chi connectivity index (χ1n) is 8.72. The lowest BCUT2D eigenvalue weighted by atomic mass is 9.90. The number of aryl methyl sites for hydroxylation is 2. The van der Waals surface area contributed by atoms with Crippen molar-refractivity contribution in [2.75, 3.05) is 13.1 Å². The average Bonchev–Trinajstić information content (AvgIpc) is 3.15. The molecular formula is C17H26N6O2. The Morgan fingerprint density at radius 3 is 2.76 bits per heavy atom. The van der Waals surface area contributed by atoms with Crippen LogP contribution in [0.2, 0.25) is 0 Å². The summed E-state index contributed by atoms with van der Waals surface area (Å²) in [6.07, 6.45) is 3.08. The predicted molar refractivity (Wildman–Crippen MR) is 91.8 cm³/mol. The maximum Gasteiger partial charge on any atom is 0.244 e. The highest BCUT2D eigenvalue weighted by molar-refractivity contribution is 5.76. The summed E-state index contributed by atoms with van der Waals surface area (Å²) in [6, 6.07) is 2.13. The SMILES string of the molecule is Cc1cc(C)n(CC(=O)N2CCCC(O)(c3cn(C(C)C)nn3)C2)n1. The van der Waals surface area contributed by atoms with Crippen molar-refractivity contribution < 1.29 is 9.90 Å². The van der Waals surface area contributed by atoms with Gasteiger partial charge in [0.1, 0.15) is 17.8 Å². The molecule has 1 aliphatic heterocycles. The minimum atomic E-state index is -1.14. The first-order valence-corrected chi connectivity index (χ1v) is 8.72. The monoisotopic (exact) mass is 346 g/mol. The van der Waals surface area contributed by atoms with Crippen molar-refractivity contribution >= 4 is 5.91 Å². The van der Waals surface area contributed by atoms with Crippen LogP contribution in [0.5, 0.6) is 0 Å². The van der Waals surface area contributed by atoms with Gasteiger partial charge in [0.05, 0.1) is 18.4 Å². The van der Waals surface area contributed by atoms with E-state index in [1.807, 2.05) is 33.8 Å². The standard InChI is InChI=1S/C17H26N6O2/c1-12(2)22-9-15(18-20-22)17(25)6-5-7-21(11-17)16(24)10-23-14(4)8-13(3)19-23/h8-9,12,25H,5-7,10-11H2,1-4H3. The molecule has 1 saturated heterocycles. The second kappa shape index (κ2) is 6.59. The van der Waals surface area contributed by atoms with E-state index in [0.717, 1.165) is 17.8 Å². The van der Waals surface area contributed by atoms with Crippen LogP contribution in [-0.4, -0.2) is 53.8 Å². The summed E-state index contributed by atoms with van der Waals surface area (Å²) < 4.78 is 3.43. The van der Waals surface area contributed by atoms with E-state index >= 15 is 0 Å². The Kier molecular flexibility index (Phi) is 4.64. The fraction of sp³-hybridized carbons (Fsp3) is 0.647. The second-order valence-electron chi connectivity index (χ2n) is 7.21. The normalized spacial score (nSPS) is 21.1. The van der Waals surface area contributed by atoms with Gasteiger partial charge < -0.3 is 10.0 Å². The van der Waals surface area contributed by atoms with E-state index in [9.17, 15) is 9.90 Å². The van der Waals surface area contributed by atoms with Crippen LogP contribution in [0.25, 0.3) is 0 Å². The molecule has 2 aromatic heterocycles. The maximum absolute atomic E-state index is 12.7. The molecule has 1 N–H and O–H groups in total. The number of carbonyl (C=O) groups is 1. The highest BCUT2D eigenvalue weighted by Crippen LogP contribution is 2.30. The van der Waals surface area contributed by atoms with Crippen LogP contribution in [0, 0.1) is 13.8 Å². The van der Waals surface area contributed by atoms with E-state index < -0.39 is 5.60 Å². The summed E-state index contributed by atoms with van der Waals surface area (Å²) in [5, 5.41) is 23.6. The number of likely N-dealkylation sites (tertiary alicyclic amines) is 1. The molecule has 0 aromatic carbocycles. The highest BCUT2D eigenvalue weighted by Gasteiger charge is 2.39. The van der Waals surface area contributed by atoms with Crippen molar-refractivity contribution in [3.05, 3.63) is 29.3 Å². The predicted octanol–water partition coefficient (Wildman–Crippen LogP) is 1.18. The molecule has 1 atom stereocenters. The largest absolute Gasteiger partial charge is 0.382 e. The number of hydrogen-bond donors (Lipinski definition) is 1. The second-order valence-corrected chi connectivity index (χ2v) is 7.21. The number of aromatic nitrogens is 5. The molecule has 0 spiro atoms. The fourth-order valence-corrected chi connectivity index (χ4v) is 3.26.